The topological polar surface area (TPSA) is 83.6 Å². The first-order valence-electron chi connectivity index (χ1n) is 9.54. The van der Waals surface area contributed by atoms with Crippen LogP contribution in [0, 0.1) is 5.92 Å². The van der Waals surface area contributed by atoms with Crippen molar-refractivity contribution >= 4 is 20.0 Å². The van der Waals surface area contributed by atoms with Crippen LogP contribution in [0.1, 0.15) is 50.0 Å². The quantitative estimate of drug-likeness (QED) is 0.746. The zero-order valence-corrected chi connectivity index (χ0v) is 17.1. The minimum Gasteiger partial charge on any atom is -0.211 e. The fourth-order valence-corrected chi connectivity index (χ4v) is 6.09. The molecule has 1 heterocycles. The van der Waals surface area contributed by atoms with Gasteiger partial charge in [0.15, 0.2) is 0 Å². The lowest BCUT2D eigenvalue weighted by atomic mass is 9.84. The molecular weight excluding hydrogens is 384 g/mol. The van der Waals surface area contributed by atoms with Gasteiger partial charge in [-0.2, -0.15) is 4.31 Å². The Bertz CT molecular complexity index is 857. The molecule has 2 fully saturated rings. The van der Waals surface area contributed by atoms with Gasteiger partial charge < -0.3 is 0 Å². The van der Waals surface area contributed by atoms with Gasteiger partial charge in [0.05, 0.1) is 4.90 Å². The summed E-state index contributed by atoms with van der Waals surface area (Å²) in [6, 6.07) is 7.34. The minimum atomic E-state index is -3.54. The first-order valence-corrected chi connectivity index (χ1v) is 12.5. The van der Waals surface area contributed by atoms with Crippen LogP contribution in [0.5, 0.6) is 0 Å². The van der Waals surface area contributed by atoms with E-state index in [9.17, 15) is 16.8 Å². The number of hydrogen-bond acceptors (Lipinski definition) is 4. The number of nitrogens with one attached hydrogen (secondary N) is 1. The van der Waals surface area contributed by atoms with Gasteiger partial charge in [-0.15, -0.1) is 0 Å². The largest absolute Gasteiger partial charge is 0.243 e. The van der Waals surface area contributed by atoms with Gasteiger partial charge in [0, 0.05) is 25.0 Å². The van der Waals surface area contributed by atoms with Crippen LogP contribution < -0.4 is 4.72 Å². The summed E-state index contributed by atoms with van der Waals surface area (Å²) in [6.45, 7) is 4.21. The highest BCUT2D eigenvalue weighted by atomic mass is 32.2. The van der Waals surface area contributed by atoms with Crippen LogP contribution in [0.4, 0.5) is 0 Å². The molecule has 0 unspecified atom stereocenters. The first kappa shape index (κ1) is 20.5. The summed E-state index contributed by atoms with van der Waals surface area (Å²) in [7, 11) is -7.02. The molecule has 1 aromatic carbocycles. The average Bonchev–Trinajstić information content (AvgIpc) is 3.17. The first-order chi connectivity index (χ1) is 12.8. The fourth-order valence-electron chi connectivity index (χ4n) is 3.97. The Morgan fingerprint density at radius 2 is 1.70 bits per heavy atom. The summed E-state index contributed by atoms with van der Waals surface area (Å²) in [5.41, 5.74) is 1.23. The normalized spacial score (nSPS) is 22.7. The summed E-state index contributed by atoms with van der Waals surface area (Å²) in [5, 5.41) is 0.865. The maximum atomic E-state index is 12.9. The van der Waals surface area contributed by atoms with Crippen LogP contribution in [-0.2, 0) is 20.0 Å². The van der Waals surface area contributed by atoms with Crippen LogP contribution in [0.3, 0.4) is 0 Å². The summed E-state index contributed by atoms with van der Waals surface area (Å²) >= 11 is 0. The van der Waals surface area contributed by atoms with E-state index in [-0.39, 0.29) is 12.5 Å². The summed E-state index contributed by atoms with van der Waals surface area (Å²) < 4.78 is 52.6. The molecule has 0 spiro atoms. The van der Waals surface area contributed by atoms with Gasteiger partial charge >= 0.3 is 0 Å². The lowest BCUT2D eigenvalue weighted by Crippen LogP contribution is -2.32. The average molecular weight is 413 g/mol. The minimum absolute atomic E-state index is 0.0315. The SMILES string of the molecule is C=CS(=O)(=O)NC[C@H]1CCN(S(=O)(=O)c2ccc(C3CCCCC3)cc2)C1. The second-order valence-electron chi connectivity index (χ2n) is 7.48. The molecule has 3 rings (SSSR count). The molecular formula is C19H28N2O4S2. The van der Waals surface area contributed by atoms with E-state index in [0.717, 1.165) is 5.41 Å². The third kappa shape index (κ3) is 4.99. The molecule has 0 amide bonds. The zero-order chi connectivity index (χ0) is 19.5. The van der Waals surface area contributed by atoms with Crippen molar-refractivity contribution in [1.29, 1.82) is 0 Å². The van der Waals surface area contributed by atoms with Crippen molar-refractivity contribution in [3.8, 4) is 0 Å². The molecule has 0 aromatic heterocycles. The van der Waals surface area contributed by atoms with Crippen molar-refractivity contribution in [3.05, 3.63) is 41.8 Å². The molecule has 0 bridgehead atoms. The maximum Gasteiger partial charge on any atom is 0.243 e. The van der Waals surface area contributed by atoms with Crippen LogP contribution in [0.2, 0.25) is 0 Å². The highest BCUT2D eigenvalue weighted by Crippen LogP contribution is 2.33. The molecule has 8 heteroatoms. The van der Waals surface area contributed by atoms with Gasteiger partial charge in [0.1, 0.15) is 0 Å². The van der Waals surface area contributed by atoms with Gasteiger partial charge in [0.2, 0.25) is 20.0 Å². The van der Waals surface area contributed by atoms with Crippen molar-refractivity contribution in [2.45, 2.75) is 49.3 Å². The number of benzene rings is 1. The molecule has 27 heavy (non-hydrogen) atoms. The third-order valence-electron chi connectivity index (χ3n) is 5.64. The summed E-state index contributed by atoms with van der Waals surface area (Å²) in [6.07, 6.45) is 6.78. The van der Waals surface area contributed by atoms with E-state index in [2.05, 4.69) is 11.3 Å². The Labute approximate surface area is 162 Å². The second-order valence-corrected chi connectivity index (χ2v) is 11.1. The van der Waals surface area contributed by atoms with E-state index in [4.69, 9.17) is 0 Å². The van der Waals surface area contributed by atoms with Crippen molar-refractivity contribution in [2.24, 2.45) is 5.92 Å². The third-order valence-corrected chi connectivity index (χ3v) is 8.52. The van der Waals surface area contributed by atoms with Crippen molar-refractivity contribution < 1.29 is 16.8 Å². The highest BCUT2D eigenvalue weighted by Gasteiger charge is 2.33. The van der Waals surface area contributed by atoms with Crippen molar-refractivity contribution in [1.82, 2.24) is 9.03 Å². The molecule has 6 nitrogen and oxygen atoms in total. The Hall–Kier alpha value is -1.22. The van der Waals surface area contributed by atoms with E-state index >= 15 is 0 Å². The number of hydrogen-bond donors (Lipinski definition) is 1. The monoisotopic (exact) mass is 412 g/mol. The molecule has 1 N–H and O–H groups in total. The second kappa shape index (κ2) is 8.43. The number of nitrogens with zero attached hydrogens (tertiary/aromatic N) is 1. The van der Waals surface area contributed by atoms with Crippen LogP contribution in [-0.4, -0.2) is 40.8 Å². The van der Waals surface area contributed by atoms with E-state index in [1.54, 1.807) is 12.1 Å². The molecule has 1 saturated carbocycles. The standard InChI is InChI=1S/C19H28N2O4S2/c1-2-26(22,23)20-14-16-12-13-21(15-16)27(24,25)19-10-8-18(9-11-19)17-6-4-3-5-7-17/h2,8-11,16-17,20H,1,3-7,12-15H2/t16-/m1/s1. The smallest absolute Gasteiger partial charge is 0.211 e. The highest BCUT2D eigenvalue weighted by molar-refractivity contribution is 7.92. The van der Waals surface area contributed by atoms with Gasteiger partial charge in [-0.1, -0.05) is 38.0 Å². The number of sulfonamides is 2. The van der Waals surface area contributed by atoms with Gasteiger partial charge in [-0.05, 0) is 48.8 Å². The van der Waals surface area contributed by atoms with Crippen LogP contribution >= 0.6 is 0 Å². The van der Waals surface area contributed by atoms with Gasteiger partial charge in [-0.25, -0.2) is 21.6 Å². The van der Waals surface area contributed by atoms with E-state index in [0.29, 0.717) is 30.3 Å². The van der Waals surface area contributed by atoms with E-state index < -0.39 is 20.0 Å². The van der Waals surface area contributed by atoms with E-state index in [1.807, 2.05) is 12.1 Å². The van der Waals surface area contributed by atoms with Crippen LogP contribution in [0.25, 0.3) is 0 Å². The molecule has 2 aliphatic rings. The predicted octanol–water partition coefficient (Wildman–Crippen LogP) is 2.81. The molecule has 1 atom stereocenters. The Morgan fingerprint density at radius 1 is 1.04 bits per heavy atom. The summed E-state index contributed by atoms with van der Waals surface area (Å²) in [4.78, 5) is 0.314. The Kier molecular flexibility index (Phi) is 6.40. The molecule has 1 aliphatic carbocycles. The van der Waals surface area contributed by atoms with Crippen LogP contribution in [0.15, 0.2) is 41.1 Å². The Morgan fingerprint density at radius 3 is 2.33 bits per heavy atom. The predicted molar refractivity (Wildman–Crippen MR) is 106 cm³/mol. The molecule has 1 saturated heterocycles. The van der Waals surface area contributed by atoms with Gasteiger partial charge in [0.25, 0.3) is 0 Å². The number of rotatable bonds is 7. The van der Waals surface area contributed by atoms with E-state index in [1.165, 1.54) is 42.0 Å². The maximum absolute atomic E-state index is 12.9. The van der Waals surface area contributed by atoms with Crippen molar-refractivity contribution in [2.75, 3.05) is 19.6 Å². The zero-order valence-electron chi connectivity index (χ0n) is 15.5. The molecule has 150 valence electrons. The van der Waals surface area contributed by atoms with Crippen molar-refractivity contribution in [3.63, 3.8) is 0 Å². The molecule has 0 radical (unpaired) electrons. The van der Waals surface area contributed by atoms with Gasteiger partial charge in [-0.3, -0.25) is 0 Å². The lowest BCUT2D eigenvalue weighted by molar-refractivity contribution is 0.443. The summed E-state index contributed by atoms with van der Waals surface area (Å²) in [5.74, 6) is 0.514. The molecule has 1 aliphatic heterocycles. The molecule has 1 aromatic rings. The Balaban J connectivity index is 1.63. The lowest BCUT2D eigenvalue weighted by Gasteiger charge is -2.22. The fraction of sp³-hybridized carbons (Fsp3) is 0.579.